The number of carbonyl (C=O) groups excluding carboxylic acids is 2. The molecule has 1 aliphatic rings. The van der Waals surface area contributed by atoms with Gasteiger partial charge in [-0.3, -0.25) is 9.59 Å². The molecule has 1 atom stereocenters. The van der Waals surface area contributed by atoms with Crippen LogP contribution in [0.3, 0.4) is 0 Å². The van der Waals surface area contributed by atoms with Gasteiger partial charge in [-0.1, -0.05) is 48.2 Å². The standard InChI is InChI=1S/C17H15N3O2S/c21-15(18-12-7-3-1-4-8-12)11-14-16(22)20-17(23-14)19-13-9-5-2-6-10-13/h1-10,14H,11H2,(H,18,21)(H,19,20,22)/t14-/m0/s1. The molecule has 2 aromatic carbocycles. The van der Waals surface area contributed by atoms with Crippen LogP contribution in [-0.2, 0) is 9.59 Å². The van der Waals surface area contributed by atoms with Crippen molar-refractivity contribution in [1.82, 2.24) is 5.32 Å². The van der Waals surface area contributed by atoms with E-state index in [1.807, 2.05) is 60.7 Å². The van der Waals surface area contributed by atoms with Crippen LogP contribution in [0.5, 0.6) is 0 Å². The topological polar surface area (TPSA) is 70.6 Å². The number of hydrogen-bond donors (Lipinski definition) is 2. The number of thioether (sulfide) groups is 1. The van der Waals surface area contributed by atoms with Crippen LogP contribution in [0.2, 0.25) is 0 Å². The molecule has 23 heavy (non-hydrogen) atoms. The highest BCUT2D eigenvalue weighted by atomic mass is 32.2. The number of benzene rings is 2. The van der Waals surface area contributed by atoms with Crippen LogP contribution in [0.1, 0.15) is 6.42 Å². The van der Waals surface area contributed by atoms with Gasteiger partial charge in [-0.2, -0.15) is 0 Å². The quantitative estimate of drug-likeness (QED) is 0.908. The van der Waals surface area contributed by atoms with Crippen LogP contribution in [0.15, 0.2) is 65.7 Å². The first-order valence-electron chi connectivity index (χ1n) is 7.17. The van der Waals surface area contributed by atoms with Crippen molar-refractivity contribution in [2.75, 3.05) is 5.32 Å². The van der Waals surface area contributed by atoms with E-state index in [1.165, 1.54) is 11.8 Å². The highest BCUT2D eigenvalue weighted by Crippen LogP contribution is 2.25. The van der Waals surface area contributed by atoms with Gasteiger partial charge in [-0.15, -0.1) is 0 Å². The normalized spacial score (nSPS) is 18.7. The zero-order chi connectivity index (χ0) is 16.1. The summed E-state index contributed by atoms with van der Waals surface area (Å²) in [5.41, 5.74) is 1.49. The Bertz CT molecular complexity index is 732. The van der Waals surface area contributed by atoms with E-state index in [0.29, 0.717) is 5.17 Å². The maximum Gasteiger partial charge on any atom is 0.240 e. The first kappa shape index (κ1) is 15.3. The molecule has 2 aromatic rings. The van der Waals surface area contributed by atoms with E-state index in [2.05, 4.69) is 15.6 Å². The zero-order valence-electron chi connectivity index (χ0n) is 12.2. The Morgan fingerprint density at radius 2 is 1.74 bits per heavy atom. The first-order valence-corrected chi connectivity index (χ1v) is 8.05. The lowest BCUT2D eigenvalue weighted by Gasteiger charge is -2.07. The number of amidine groups is 1. The number of amides is 2. The van der Waals surface area contributed by atoms with Crippen LogP contribution in [0.4, 0.5) is 11.4 Å². The van der Waals surface area contributed by atoms with Crippen molar-refractivity contribution in [2.45, 2.75) is 11.7 Å². The molecule has 3 rings (SSSR count). The Kier molecular flexibility index (Phi) is 4.73. The minimum Gasteiger partial charge on any atom is -0.326 e. The summed E-state index contributed by atoms with van der Waals surface area (Å²) in [6.07, 6.45) is 0.110. The molecule has 1 saturated heterocycles. The fourth-order valence-corrected chi connectivity index (χ4v) is 3.10. The summed E-state index contributed by atoms with van der Waals surface area (Å²) in [5.74, 6) is -0.377. The molecule has 0 spiro atoms. The second-order valence-electron chi connectivity index (χ2n) is 4.97. The van der Waals surface area contributed by atoms with Gasteiger partial charge in [0.1, 0.15) is 5.25 Å². The third kappa shape index (κ3) is 4.20. The van der Waals surface area contributed by atoms with Crippen LogP contribution < -0.4 is 10.6 Å². The average molecular weight is 325 g/mol. The summed E-state index contributed by atoms with van der Waals surface area (Å²) in [5, 5.41) is 5.57. The van der Waals surface area contributed by atoms with E-state index in [0.717, 1.165) is 11.4 Å². The van der Waals surface area contributed by atoms with Gasteiger partial charge in [0.05, 0.1) is 5.69 Å². The molecule has 0 radical (unpaired) electrons. The average Bonchev–Trinajstić information content (AvgIpc) is 2.88. The number of rotatable bonds is 4. The maximum atomic E-state index is 12.0. The minimum absolute atomic E-state index is 0.110. The number of anilines is 1. The van der Waals surface area contributed by atoms with E-state index < -0.39 is 5.25 Å². The molecular weight excluding hydrogens is 310 g/mol. The lowest BCUT2D eigenvalue weighted by molar-refractivity contribution is -0.122. The van der Waals surface area contributed by atoms with Gasteiger partial charge in [-0.05, 0) is 24.3 Å². The fourth-order valence-electron chi connectivity index (χ4n) is 2.11. The summed E-state index contributed by atoms with van der Waals surface area (Å²) < 4.78 is 0. The minimum atomic E-state index is -0.457. The van der Waals surface area contributed by atoms with Crippen molar-refractivity contribution >= 4 is 40.1 Å². The third-order valence-corrected chi connectivity index (χ3v) is 4.27. The van der Waals surface area contributed by atoms with Gasteiger partial charge >= 0.3 is 0 Å². The lowest BCUT2D eigenvalue weighted by atomic mass is 10.2. The predicted octanol–water partition coefficient (Wildman–Crippen LogP) is 2.93. The molecule has 1 aliphatic heterocycles. The van der Waals surface area contributed by atoms with Crippen LogP contribution >= 0.6 is 11.8 Å². The molecule has 1 heterocycles. The Morgan fingerprint density at radius 3 is 2.43 bits per heavy atom. The first-order chi connectivity index (χ1) is 11.2. The molecule has 0 bridgehead atoms. The smallest absolute Gasteiger partial charge is 0.240 e. The Morgan fingerprint density at radius 1 is 1.09 bits per heavy atom. The van der Waals surface area contributed by atoms with Gasteiger partial charge in [0.15, 0.2) is 5.17 Å². The molecule has 1 fully saturated rings. The van der Waals surface area contributed by atoms with Crippen molar-refractivity contribution in [3.05, 3.63) is 60.7 Å². The van der Waals surface area contributed by atoms with Gasteiger partial charge in [0, 0.05) is 12.1 Å². The fraction of sp³-hybridized carbons (Fsp3) is 0.118. The Hall–Kier alpha value is -2.60. The predicted molar refractivity (Wildman–Crippen MR) is 92.7 cm³/mol. The second kappa shape index (κ2) is 7.11. The van der Waals surface area contributed by atoms with Gasteiger partial charge in [0.25, 0.3) is 0 Å². The Balaban J connectivity index is 1.60. The van der Waals surface area contributed by atoms with E-state index in [1.54, 1.807) is 0 Å². The number of hydrogen-bond acceptors (Lipinski definition) is 4. The molecule has 0 aromatic heterocycles. The molecule has 6 heteroatoms. The van der Waals surface area contributed by atoms with Crippen LogP contribution in [0.25, 0.3) is 0 Å². The van der Waals surface area contributed by atoms with Gasteiger partial charge in [-0.25, -0.2) is 4.99 Å². The highest BCUT2D eigenvalue weighted by molar-refractivity contribution is 8.15. The monoisotopic (exact) mass is 325 g/mol. The van der Waals surface area contributed by atoms with E-state index in [-0.39, 0.29) is 18.2 Å². The van der Waals surface area contributed by atoms with Gasteiger partial charge < -0.3 is 10.6 Å². The summed E-state index contributed by atoms with van der Waals surface area (Å²) in [6, 6.07) is 18.6. The molecule has 2 amide bonds. The molecule has 116 valence electrons. The third-order valence-electron chi connectivity index (χ3n) is 3.19. The molecule has 0 unspecified atom stereocenters. The van der Waals surface area contributed by atoms with Gasteiger partial charge in [0.2, 0.25) is 11.8 Å². The molecule has 2 N–H and O–H groups in total. The van der Waals surface area contributed by atoms with Crippen molar-refractivity contribution in [1.29, 1.82) is 0 Å². The number of nitrogens with one attached hydrogen (secondary N) is 2. The summed E-state index contributed by atoms with van der Waals surface area (Å²) in [7, 11) is 0. The maximum absolute atomic E-state index is 12.0. The molecule has 5 nitrogen and oxygen atoms in total. The molecule has 0 saturated carbocycles. The van der Waals surface area contributed by atoms with Crippen molar-refractivity contribution in [3.8, 4) is 0 Å². The number of nitrogens with zero attached hydrogens (tertiary/aromatic N) is 1. The highest BCUT2D eigenvalue weighted by Gasteiger charge is 2.32. The summed E-state index contributed by atoms with van der Waals surface area (Å²) >= 11 is 1.28. The van der Waals surface area contributed by atoms with Crippen LogP contribution in [0, 0.1) is 0 Å². The van der Waals surface area contributed by atoms with E-state index in [4.69, 9.17) is 0 Å². The Labute approximate surface area is 138 Å². The second-order valence-corrected chi connectivity index (χ2v) is 6.16. The number of aliphatic imine (C=N–C) groups is 1. The van der Waals surface area contributed by atoms with Crippen LogP contribution in [-0.4, -0.2) is 22.2 Å². The number of carbonyl (C=O) groups is 2. The van der Waals surface area contributed by atoms with Crippen molar-refractivity contribution in [2.24, 2.45) is 4.99 Å². The van der Waals surface area contributed by atoms with E-state index in [9.17, 15) is 9.59 Å². The SMILES string of the molecule is O=C(C[C@@H]1SC(=Nc2ccccc2)NC1=O)Nc1ccccc1. The summed E-state index contributed by atoms with van der Waals surface area (Å²) in [4.78, 5) is 28.4. The number of para-hydroxylation sites is 2. The van der Waals surface area contributed by atoms with Crippen molar-refractivity contribution < 1.29 is 9.59 Å². The lowest BCUT2D eigenvalue weighted by Crippen LogP contribution is -2.28. The zero-order valence-corrected chi connectivity index (χ0v) is 13.0. The van der Waals surface area contributed by atoms with E-state index >= 15 is 0 Å². The molecular formula is C17H15N3O2S. The molecule has 0 aliphatic carbocycles. The largest absolute Gasteiger partial charge is 0.326 e. The van der Waals surface area contributed by atoms with Crippen molar-refractivity contribution in [3.63, 3.8) is 0 Å². The summed E-state index contributed by atoms with van der Waals surface area (Å²) in [6.45, 7) is 0.